The molecule has 118 valence electrons. The van der Waals surface area contributed by atoms with Crippen molar-refractivity contribution in [1.29, 1.82) is 0 Å². The van der Waals surface area contributed by atoms with Crippen molar-refractivity contribution in [1.82, 2.24) is 0 Å². The summed E-state index contributed by atoms with van der Waals surface area (Å²) in [4.78, 5) is 0. The highest BCUT2D eigenvalue weighted by Crippen LogP contribution is 2.55. The first-order valence-corrected chi connectivity index (χ1v) is 11.0. The molecule has 0 saturated carbocycles. The third kappa shape index (κ3) is 3.97. The second kappa shape index (κ2) is 9.14. The van der Waals surface area contributed by atoms with Gasteiger partial charge in [0.25, 0.3) is 0 Å². The number of alkyl halides is 1. The van der Waals surface area contributed by atoms with E-state index in [1.165, 1.54) is 22.1 Å². The van der Waals surface area contributed by atoms with Gasteiger partial charge in [-0.3, -0.25) is 0 Å². The van der Waals surface area contributed by atoms with Gasteiger partial charge in [-0.05, 0) is 36.4 Å². The molecule has 3 rings (SSSR count). The molecule has 3 aromatic carbocycles. The first-order valence-electron chi connectivity index (χ1n) is 7.49. The van der Waals surface area contributed by atoms with Gasteiger partial charge < -0.3 is 24.0 Å². The minimum absolute atomic E-state index is 0. The topological polar surface area (TPSA) is 0 Å². The third-order valence-electron chi connectivity index (χ3n) is 4.01. The van der Waals surface area contributed by atoms with Crippen LogP contribution in [0, 0.1) is 0 Å². The van der Waals surface area contributed by atoms with Crippen molar-refractivity contribution in [3.05, 3.63) is 91.0 Å². The van der Waals surface area contributed by atoms with E-state index in [1.54, 1.807) is 0 Å². The molecule has 23 heavy (non-hydrogen) atoms. The highest BCUT2D eigenvalue weighted by atomic mass is 127. The van der Waals surface area contributed by atoms with Gasteiger partial charge in [0.15, 0.2) is 0 Å². The van der Waals surface area contributed by atoms with Crippen LogP contribution in [0.25, 0.3) is 0 Å². The molecule has 0 fully saturated rings. The number of rotatable bonds is 5. The van der Waals surface area contributed by atoms with Crippen LogP contribution in [0.5, 0.6) is 0 Å². The molecular formula is C20H19I2P. The predicted molar refractivity (Wildman–Crippen MR) is 109 cm³/mol. The third-order valence-corrected chi connectivity index (χ3v) is 9.84. The molecule has 0 aromatic heterocycles. The fourth-order valence-corrected chi connectivity index (χ4v) is 9.15. The number of halogens is 2. The lowest BCUT2D eigenvalue weighted by Crippen LogP contribution is -3.00. The fourth-order valence-electron chi connectivity index (χ4n) is 3.01. The second-order valence-corrected chi connectivity index (χ2v) is 9.92. The molecule has 0 aliphatic rings. The van der Waals surface area contributed by atoms with E-state index in [-0.39, 0.29) is 24.0 Å². The summed E-state index contributed by atoms with van der Waals surface area (Å²) in [5.74, 6) is 0. The van der Waals surface area contributed by atoms with E-state index in [0.29, 0.717) is 0 Å². The summed E-state index contributed by atoms with van der Waals surface area (Å²) >= 11 is 2.52. The van der Waals surface area contributed by atoms with Crippen LogP contribution in [0.15, 0.2) is 91.0 Å². The van der Waals surface area contributed by atoms with Crippen molar-refractivity contribution in [2.45, 2.75) is 0 Å². The molecule has 0 saturated heterocycles. The Morgan fingerprint density at radius 3 is 1.13 bits per heavy atom. The average molecular weight is 544 g/mol. The lowest BCUT2D eigenvalue weighted by molar-refractivity contribution is -0.00000411. The van der Waals surface area contributed by atoms with Crippen molar-refractivity contribution in [3.63, 3.8) is 0 Å². The summed E-state index contributed by atoms with van der Waals surface area (Å²) in [6.07, 6.45) is 1.20. The molecule has 0 nitrogen and oxygen atoms in total. The van der Waals surface area contributed by atoms with Crippen molar-refractivity contribution in [2.24, 2.45) is 0 Å². The van der Waals surface area contributed by atoms with E-state index in [9.17, 15) is 0 Å². The summed E-state index contributed by atoms with van der Waals surface area (Å²) in [7, 11) is -1.56. The number of hydrogen-bond donors (Lipinski definition) is 0. The van der Waals surface area contributed by atoms with E-state index in [0.717, 1.165) is 4.43 Å². The largest absolute Gasteiger partial charge is 1.00 e. The molecule has 0 heterocycles. The van der Waals surface area contributed by atoms with Gasteiger partial charge in [0.2, 0.25) is 0 Å². The molecule has 0 aliphatic heterocycles. The van der Waals surface area contributed by atoms with Gasteiger partial charge in [-0.2, -0.15) is 0 Å². The van der Waals surface area contributed by atoms with Gasteiger partial charge in [0.1, 0.15) is 23.2 Å². The minimum atomic E-state index is -1.56. The fraction of sp³-hybridized carbons (Fsp3) is 0.100. The Kier molecular flexibility index (Phi) is 7.51. The summed E-state index contributed by atoms with van der Waals surface area (Å²) in [5.41, 5.74) is 0. The van der Waals surface area contributed by atoms with E-state index in [2.05, 4.69) is 114 Å². The molecular weight excluding hydrogens is 525 g/mol. The van der Waals surface area contributed by atoms with E-state index < -0.39 is 7.26 Å². The van der Waals surface area contributed by atoms with Crippen molar-refractivity contribution < 1.29 is 24.0 Å². The molecule has 0 amide bonds. The summed E-state index contributed by atoms with van der Waals surface area (Å²) < 4.78 is 1.16. The molecule has 0 bridgehead atoms. The van der Waals surface area contributed by atoms with Gasteiger partial charge in [-0.15, -0.1) is 0 Å². The van der Waals surface area contributed by atoms with Crippen molar-refractivity contribution in [2.75, 3.05) is 10.6 Å². The lowest BCUT2D eigenvalue weighted by Gasteiger charge is -2.27. The monoisotopic (exact) mass is 544 g/mol. The Hall–Kier alpha value is -0.450. The molecule has 0 unspecified atom stereocenters. The zero-order chi connectivity index (χ0) is 15.3. The van der Waals surface area contributed by atoms with E-state index in [1.807, 2.05) is 0 Å². The molecule has 0 spiro atoms. The minimum Gasteiger partial charge on any atom is -1.00 e. The average Bonchev–Trinajstić information content (AvgIpc) is 2.62. The van der Waals surface area contributed by atoms with Gasteiger partial charge in [-0.1, -0.05) is 77.2 Å². The smallest absolute Gasteiger partial charge is 0.112 e. The molecule has 3 aromatic rings. The van der Waals surface area contributed by atoms with Crippen LogP contribution in [0.3, 0.4) is 0 Å². The summed E-state index contributed by atoms with van der Waals surface area (Å²) in [6.45, 7) is 0. The second-order valence-electron chi connectivity index (χ2n) is 5.23. The van der Waals surface area contributed by atoms with Gasteiger partial charge in [-0.25, -0.2) is 0 Å². The number of hydrogen-bond acceptors (Lipinski definition) is 0. The van der Waals surface area contributed by atoms with Crippen LogP contribution in [0.2, 0.25) is 0 Å². The first kappa shape index (κ1) is 18.9. The maximum Gasteiger partial charge on any atom is 0.112 e. The zero-order valence-electron chi connectivity index (χ0n) is 12.8. The molecule has 0 radical (unpaired) electrons. The molecule has 3 heteroatoms. The van der Waals surface area contributed by atoms with Crippen LogP contribution < -0.4 is 39.9 Å². The van der Waals surface area contributed by atoms with Gasteiger partial charge in [0.05, 0.1) is 6.16 Å². The van der Waals surface area contributed by atoms with Crippen LogP contribution >= 0.6 is 29.9 Å². The lowest BCUT2D eigenvalue weighted by atomic mass is 10.4. The normalized spacial score (nSPS) is 10.8. The summed E-state index contributed by atoms with van der Waals surface area (Å²) in [6, 6.07) is 33.2. The van der Waals surface area contributed by atoms with Crippen LogP contribution in [0.4, 0.5) is 0 Å². The number of benzene rings is 3. The highest BCUT2D eigenvalue weighted by molar-refractivity contribution is 14.1. The Labute approximate surface area is 170 Å². The van der Waals surface area contributed by atoms with Gasteiger partial charge >= 0.3 is 0 Å². The maximum absolute atomic E-state index is 2.52. The highest BCUT2D eigenvalue weighted by Gasteiger charge is 2.44. The van der Waals surface area contributed by atoms with Gasteiger partial charge in [0, 0.05) is 4.43 Å². The quantitative estimate of drug-likeness (QED) is 0.259. The first-order chi connectivity index (χ1) is 10.9. The van der Waals surface area contributed by atoms with E-state index >= 15 is 0 Å². The SMILES string of the molecule is ICC[P+](c1ccccc1)(c1ccccc1)c1ccccc1.[I-]. The van der Waals surface area contributed by atoms with Crippen LogP contribution in [0.1, 0.15) is 0 Å². The Morgan fingerprint density at radius 1 is 0.565 bits per heavy atom. The Bertz CT molecular complexity index is 603. The Balaban J connectivity index is 0.00000192. The standard InChI is InChI=1S/C20H19IP.HI/c21-16-17-22(18-10-4-1-5-11-18,19-12-6-2-7-13-19)20-14-8-3-9-15-20;/h1-15H,16-17H2;1H/q+1;/p-1. The molecule has 0 N–H and O–H groups in total. The van der Waals surface area contributed by atoms with E-state index in [4.69, 9.17) is 0 Å². The predicted octanol–water partition coefficient (Wildman–Crippen LogP) is 1.42. The summed E-state index contributed by atoms with van der Waals surface area (Å²) in [5, 5.41) is 4.43. The van der Waals surface area contributed by atoms with Crippen LogP contribution in [-0.4, -0.2) is 10.6 Å². The van der Waals surface area contributed by atoms with Crippen molar-refractivity contribution >= 4 is 45.8 Å². The van der Waals surface area contributed by atoms with Crippen LogP contribution in [-0.2, 0) is 0 Å². The maximum atomic E-state index is 2.52. The Morgan fingerprint density at radius 2 is 0.870 bits per heavy atom. The molecule has 0 aliphatic carbocycles. The molecule has 0 atom stereocenters. The van der Waals surface area contributed by atoms with Crippen molar-refractivity contribution in [3.8, 4) is 0 Å². The zero-order valence-corrected chi connectivity index (χ0v) is 18.0.